The van der Waals surface area contributed by atoms with Gasteiger partial charge in [-0.05, 0) is 71.5 Å². The molecule has 12 nitrogen and oxygen atoms in total. The van der Waals surface area contributed by atoms with E-state index in [0.717, 1.165) is 22.3 Å². The molecule has 0 bridgehead atoms. The topological polar surface area (TPSA) is 222 Å². The summed E-state index contributed by atoms with van der Waals surface area (Å²) in [6.45, 7) is 4.08. The second-order valence-corrected chi connectivity index (χ2v) is 14.6. The third-order valence-corrected chi connectivity index (χ3v) is 10.3. The number of nitrogens with two attached hydrogens (primary N) is 4. The minimum absolute atomic E-state index is 0.0788. The molecule has 0 aliphatic rings. The van der Waals surface area contributed by atoms with Crippen molar-refractivity contribution in [3.8, 4) is 11.1 Å². The lowest BCUT2D eigenvalue weighted by atomic mass is 9.92. The lowest BCUT2D eigenvalue weighted by Crippen LogP contribution is -2.13. The van der Waals surface area contributed by atoms with Crippen molar-refractivity contribution in [2.75, 3.05) is 11.5 Å². The van der Waals surface area contributed by atoms with Crippen molar-refractivity contribution in [3.05, 3.63) is 108 Å². The summed E-state index contributed by atoms with van der Waals surface area (Å²) in [7, 11) is -8.09. The predicted octanol–water partition coefficient (Wildman–Crippen LogP) is 8.07. The summed E-state index contributed by atoms with van der Waals surface area (Å²) in [5.74, 6) is 0. The highest BCUT2D eigenvalue weighted by Crippen LogP contribution is 2.39. The summed E-state index contributed by atoms with van der Waals surface area (Å²) < 4.78 is 49.4. The molecule has 0 saturated carbocycles. The third-order valence-electron chi connectivity index (χ3n) is 8.44. The van der Waals surface area contributed by atoms with Crippen LogP contribution >= 0.6 is 0 Å². The van der Waals surface area contributed by atoms with Crippen LogP contribution in [0, 0.1) is 0 Å². The fourth-order valence-electron chi connectivity index (χ4n) is 5.96. The summed E-state index contributed by atoms with van der Waals surface area (Å²) in [5.41, 5.74) is 18.9. The average Bonchev–Trinajstić information content (AvgIpc) is 3.10. The first-order valence-corrected chi connectivity index (χ1v) is 18.7. The van der Waals surface area contributed by atoms with Gasteiger partial charge in [-0.2, -0.15) is 10.2 Å². The molecule has 0 aliphatic carbocycles. The van der Waals surface area contributed by atoms with Gasteiger partial charge in [0.05, 0.1) is 32.5 Å². The molecule has 0 aromatic heterocycles. The van der Waals surface area contributed by atoms with Crippen LogP contribution in [0.15, 0.2) is 127 Å². The van der Waals surface area contributed by atoms with Gasteiger partial charge in [0.25, 0.3) is 0 Å². The maximum atomic E-state index is 12.3. The van der Waals surface area contributed by atoms with Crippen molar-refractivity contribution in [2.24, 2.45) is 30.7 Å². The Bertz CT molecular complexity index is 2420. The molecule has 0 amide bonds. The number of nitrogen functional groups attached to an aromatic ring is 2. The Kier molecular flexibility index (Phi) is 9.20. The normalized spacial score (nSPS) is 12.5. The molecule has 0 aliphatic heterocycles. The molecular weight excluding hydrogens is 673 g/mol. The maximum Gasteiger partial charge on any atom is 0.238 e. The van der Waals surface area contributed by atoms with E-state index in [1.54, 1.807) is 48.5 Å². The second-order valence-electron chi connectivity index (χ2n) is 11.6. The van der Waals surface area contributed by atoms with Gasteiger partial charge in [-0.15, -0.1) is 10.2 Å². The highest BCUT2D eigenvalue weighted by Gasteiger charge is 2.19. The van der Waals surface area contributed by atoms with Gasteiger partial charge in [0.1, 0.15) is 11.4 Å². The molecule has 0 saturated heterocycles. The number of primary sulfonamides is 2. The summed E-state index contributed by atoms with van der Waals surface area (Å²) in [6.07, 6.45) is 1.40. The zero-order chi connectivity index (χ0) is 35.8. The van der Waals surface area contributed by atoms with E-state index in [2.05, 4.69) is 20.5 Å². The van der Waals surface area contributed by atoms with Crippen LogP contribution in [0.25, 0.3) is 32.7 Å². The van der Waals surface area contributed by atoms with Gasteiger partial charge in [-0.25, -0.2) is 27.1 Å². The number of anilines is 2. The smallest absolute Gasteiger partial charge is 0.238 e. The molecule has 0 fully saturated rings. The lowest BCUT2D eigenvalue weighted by molar-refractivity contribution is 0.597. The Hall–Kier alpha value is -5.54. The Morgan fingerprint density at radius 2 is 0.860 bits per heavy atom. The number of sulfonamides is 2. The third kappa shape index (κ3) is 6.69. The molecular formula is C36H34N8O4S2. The molecule has 0 radical (unpaired) electrons. The monoisotopic (exact) mass is 706 g/mol. The molecule has 254 valence electrons. The number of benzene rings is 6. The van der Waals surface area contributed by atoms with E-state index in [9.17, 15) is 16.8 Å². The van der Waals surface area contributed by atoms with Gasteiger partial charge >= 0.3 is 0 Å². The molecule has 6 aromatic carbocycles. The second kappa shape index (κ2) is 13.4. The molecule has 0 unspecified atom stereocenters. The first-order chi connectivity index (χ1) is 23.8. The zero-order valence-corrected chi connectivity index (χ0v) is 28.8. The Balaban J connectivity index is 1.33. The number of hydrogen-bond acceptors (Lipinski definition) is 10. The molecule has 0 spiro atoms. The minimum atomic E-state index is -4.05. The first kappa shape index (κ1) is 34.3. The molecule has 0 atom stereocenters. The highest BCUT2D eigenvalue weighted by molar-refractivity contribution is 7.89. The molecule has 50 heavy (non-hydrogen) atoms. The Labute approximate surface area is 289 Å². The van der Waals surface area contributed by atoms with Crippen molar-refractivity contribution in [3.63, 3.8) is 0 Å². The van der Waals surface area contributed by atoms with Crippen molar-refractivity contribution >= 4 is 75.7 Å². The molecule has 6 rings (SSSR count). The summed E-state index contributed by atoms with van der Waals surface area (Å²) in [4.78, 5) is -0.158. The van der Waals surface area contributed by atoms with Crippen molar-refractivity contribution in [1.29, 1.82) is 0 Å². The van der Waals surface area contributed by atoms with Crippen LogP contribution in [-0.2, 0) is 32.9 Å². The van der Waals surface area contributed by atoms with Gasteiger partial charge in [0.2, 0.25) is 20.0 Å². The minimum Gasteiger partial charge on any atom is -0.396 e. The van der Waals surface area contributed by atoms with Crippen LogP contribution in [0.3, 0.4) is 0 Å². The summed E-state index contributed by atoms with van der Waals surface area (Å²) in [6, 6.07) is 27.8. The standard InChI is InChI=1S/C36H34N8O4S2/c1-3-21-17-23(41-43-31-19-33(49(39,45)46)27-9-5-7-11-29(27)35(31)37)13-15-25(21)26-16-14-24(18-22(26)4-2)42-44-32-20-34(50(40,47)48)28-10-6-8-12-30(28)36(32)38/h5-20H,3-4,37-38H2,1-2H3,(H2,39,45,46)(H2,40,47,48)/b43-41+,44-42+. The first-order valence-electron chi connectivity index (χ1n) is 15.6. The number of rotatable bonds is 9. The van der Waals surface area contributed by atoms with E-state index in [4.69, 9.17) is 21.7 Å². The van der Waals surface area contributed by atoms with Gasteiger partial charge in [-0.3, -0.25) is 0 Å². The Morgan fingerprint density at radius 3 is 1.20 bits per heavy atom. The number of azo groups is 2. The molecule has 14 heteroatoms. The van der Waals surface area contributed by atoms with E-state index in [-0.39, 0.29) is 21.2 Å². The maximum absolute atomic E-state index is 12.3. The van der Waals surface area contributed by atoms with Gasteiger partial charge < -0.3 is 11.5 Å². The van der Waals surface area contributed by atoms with Crippen LogP contribution in [0.5, 0.6) is 0 Å². The number of aryl methyl sites for hydroxylation is 2. The largest absolute Gasteiger partial charge is 0.396 e. The Morgan fingerprint density at radius 1 is 0.500 bits per heavy atom. The van der Waals surface area contributed by atoms with E-state index in [0.29, 0.717) is 57.1 Å². The molecule has 8 N–H and O–H groups in total. The zero-order valence-electron chi connectivity index (χ0n) is 27.2. The van der Waals surface area contributed by atoms with Crippen LogP contribution in [-0.4, -0.2) is 16.8 Å². The van der Waals surface area contributed by atoms with Gasteiger partial charge in [0.15, 0.2) is 0 Å². The summed E-state index contributed by atoms with van der Waals surface area (Å²) in [5, 5.41) is 30.3. The van der Waals surface area contributed by atoms with Crippen molar-refractivity contribution in [2.45, 2.75) is 36.5 Å². The molecule has 6 aromatic rings. The molecule has 0 heterocycles. The number of fused-ring (bicyclic) bond motifs is 2. The van der Waals surface area contributed by atoms with Crippen molar-refractivity contribution < 1.29 is 16.8 Å². The SMILES string of the molecule is CCc1cc(/N=N/c2cc(S(N)(=O)=O)c3ccccc3c2N)ccc1-c1ccc(/N=N/c2cc(S(N)(=O)=O)c3ccccc3c2N)cc1CC. The van der Waals surface area contributed by atoms with Crippen LogP contribution in [0.4, 0.5) is 34.1 Å². The van der Waals surface area contributed by atoms with Crippen molar-refractivity contribution in [1.82, 2.24) is 0 Å². The van der Waals surface area contributed by atoms with Crippen LogP contribution in [0.2, 0.25) is 0 Å². The van der Waals surface area contributed by atoms with Gasteiger partial charge in [-0.1, -0.05) is 74.5 Å². The van der Waals surface area contributed by atoms with E-state index in [1.165, 1.54) is 12.1 Å². The van der Waals surface area contributed by atoms with Crippen LogP contribution in [0.1, 0.15) is 25.0 Å². The number of hydrogen-bond donors (Lipinski definition) is 4. The number of nitrogens with zero attached hydrogens (tertiary/aromatic N) is 4. The quantitative estimate of drug-likeness (QED) is 0.0858. The van der Waals surface area contributed by atoms with E-state index < -0.39 is 20.0 Å². The fraction of sp³-hybridized carbons (Fsp3) is 0.111. The highest BCUT2D eigenvalue weighted by atomic mass is 32.2. The average molecular weight is 707 g/mol. The van der Waals surface area contributed by atoms with E-state index >= 15 is 0 Å². The van der Waals surface area contributed by atoms with E-state index in [1.807, 2.05) is 50.2 Å². The van der Waals surface area contributed by atoms with Gasteiger partial charge in [0, 0.05) is 21.5 Å². The lowest BCUT2D eigenvalue weighted by Gasteiger charge is -2.14. The fourth-order valence-corrected chi connectivity index (χ4v) is 7.48. The summed E-state index contributed by atoms with van der Waals surface area (Å²) >= 11 is 0. The predicted molar refractivity (Wildman–Crippen MR) is 198 cm³/mol. The van der Waals surface area contributed by atoms with Crippen LogP contribution < -0.4 is 21.7 Å².